The molecule has 1 aromatic heterocycles. The van der Waals surface area contributed by atoms with Gasteiger partial charge < -0.3 is 4.98 Å². The molecule has 0 aliphatic heterocycles. The van der Waals surface area contributed by atoms with Crippen molar-refractivity contribution in [3.63, 3.8) is 0 Å². The lowest BCUT2D eigenvalue weighted by molar-refractivity contribution is 0.0956. The van der Waals surface area contributed by atoms with Gasteiger partial charge in [0.05, 0.1) is 5.56 Å². The SMILES string of the molecule is C[C@@H]1CCC/C(=N\NC(=O)c2c[nH]c3ccccc23)C1. The summed E-state index contributed by atoms with van der Waals surface area (Å²) in [6, 6.07) is 7.78. The summed E-state index contributed by atoms with van der Waals surface area (Å²) in [6.07, 6.45) is 6.16. The van der Waals surface area contributed by atoms with Gasteiger partial charge in [0.25, 0.3) is 5.91 Å². The van der Waals surface area contributed by atoms with Gasteiger partial charge in [-0.15, -0.1) is 0 Å². The van der Waals surface area contributed by atoms with Gasteiger partial charge in [0.2, 0.25) is 0 Å². The van der Waals surface area contributed by atoms with Gasteiger partial charge in [-0.1, -0.05) is 25.1 Å². The second-order valence-electron chi connectivity index (χ2n) is 5.57. The van der Waals surface area contributed by atoms with E-state index in [4.69, 9.17) is 0 Å². The average Bonchev–Trinajstić information content (AvgIpc) is 2.89. The summed E-state index contributed by atoms with van der Waals surface area (Å²) < 4.78 is 0. The van der Waals surface area contributed by atoms with E-state index in [1.807, 2.05) is 24.3 Å². The molecule has 3 rings (SSSR count). The molecule has 0 bridgehead atoms. The van der Waals surface area contributed by atoms with Gasteiger partial charge >= 0.3 is 0 Å². The maximum atomic E-state index is 12.2. The summed E-state index contributed by atoms with van der Waals surface area (Å²) in [6.45, 7) is 2.23. The zero-order valence-electron chi connectivity index (χ0n) is 11.6. The molecule has 2 N–H and O–H groups in total. The maximum Gasteiger partial charge on any atom is 0.273 e. The van der Waals surface area contributed by atoms with Gasteiger partial charge in [-0.05, 0) is 37.7 Å². The second kappa shape index (κ2) is 5.49. The van der Waals surface area contributed by atoms with E-state index < -0.39 is 0 Å². The van der Waals surface area contributed by atoms with E-state index in [9.17, 15) is 4.79 Å². The van der Waals surface area contributed by atoms with Gasteiger partial charge in [-0.3, -0.25) is 4.79 Å². The summed E-state index contributed by atoms with van der Waals surface area (Å²) in [5.41, 5.74) is 5.42. The van der Waals surface area contributed by atoms with E-state index in [-0.39, 0.29) is 5.91 Å². The lowest BCUT2D eigenvalue weighted by Crippen LogP contribution is -2.22. The summed E-state index contributed by atoms with van der Waals surface area (Å²) >= 11 is 0. The maximum absolute atomic E-state index is 12.2. The number of fused-ring (bicyclic) bond motifs is 1. The molecular formula is C16H19N3O. The van der Waals surface area contributed by atoms with Crippen LogP contribution in [0.15, 0.2) is 35.6 Å². The van der Waals surface area contributed by atoms with Crippen LogP contribution in [-0.2, 0) is 0 Å². The van der Waals surface area contributed by atoms with E-state index in [1.54, 1.807) is 6.20 Å². The first-order valence-corrected chi connectivity index (χ1v) is 7.16. The Morgan fingerprint density at radius 2 is 2.25 bits per heavy atom. The van der Waals surface area contributed by atoms with Crippen LogP contribution in [0.1, 0.15) is 43.0 Å². The number of nitrogens with one attached hydrogen (secondary N) is 2. The number of aromatic nitrogens is 1. The van der Waals surface area contributed by atoms with Crippen LogP contribution in [0.4, 0.5) is 0 Å². The summed E-state index contributed by atoms with van der Waals surface area (Å²) in [5.74, 6) is 0.528. The number of rotatable bonds is 2. The smallest absolute Gasteiger partial charge is 0.273 e. The predicted molar refractivity (Wildman–Crippen MR) is 80.8 cm³/mol. The van der Waals surface area contributed by atoms with Crippen molar-refractivity contribution in [2.45, 2.75) is 32.6 Å². The highest BCUT2D eigenvalue weighted by molar-refractivity contribution is 6.07. The number of nitrogens with zero attached hydrogens (tertiary/aromatic N) is 1. The molecule has 0 unspecified atom stereocenters. The molecule has 1 heterocycles. The highest BCUT2D eigenvalue weighted by Gasteiger charge is 2.15. The molecule has 0 spiro atoms. The van der Waals surface area contributed by atoms with Crippen molar-refractivity contribution >= 4 is 22.5 Å². The Labute approximate surface area is 118 Å². The van der Waals surface area contributed by atoms with Crippen molar-refractivity contribution in [3.05, 3.63) is 36.0 Å². The largest absolute Gasteiger partial charge is 0.360 e. The quantitative estimate of drug-likeness (QED) is 0.806. The fourth-order valence-corrected chi connectivity index (χ4v) is 2.81. The first-order chi connectivity index (χ1) is 9.74. The molecule has 0 radical (unpaired) electrons. The van der Waals surface area contributed by atoms with E-state index in [1.165, 1.54) is 12.8 Å². The second-order valence-corrected chi connectivity index (χ2v) is 5.57. The normalized spacial score (nSPS) is 21.2. The lowest BCUT2D eigenvalue weighted by Gasteiger charge is -2.18. The van der Waals surface area contributed by atoms with Crippen molar-refractivity contribution in [3.8, 4) is 0 Å². The number of H-pyrrole nitrogens is 1. The average molecular weight is 269 g/mol. The van der Waals surface area contributed by atoms with Gasteiger partial charge in [0.1, 0.15) is 0 Å². The Hall–Kier alpha value is -2.10. The van der Waals surface area contributed by atoms with Crippen LogP contribution in [-0.4, -0.2) is 16.6 Å². The Morgan fingerprint density at radius 1 is 1.40 bits per heavy atom. The zero-order valence-corrected chi connectivity index (χ0v) is 11.6. The topological polar surface area (TPSA) is 57.2 Å². The van der Waals surface area contributed by atoms with Crippen LogP contribution in [0.3, 0.4) is 0 Å². The van der Waals surface area contributed by atoms with E-state index in [2.05, 4.69) is 22.4 Å². The predicted octanol–water partition coefficient (Wildman–Crippen LogP) is 3.46. The fourth-order valence-electron chi connectivity index (χ4n) is 2.81. The molecule has 20 heavy (non-hydrogen) atoms. The molecular weight excluding hydrogens is 250 g/mol. The van der Waals surface area contributed by atoms with Crippen LogP contribution >= 0.6 is 0 Å². The molecule has 4 nitrogen and oxygen atoms in total. The number of hydrogen-bond acceptors (Lipinski definition) is 2. The molecule has 1 fully saturated rings. The molecule has 4 heteroatoms. The molecule has 1 amide bonds. The minimum atomic E-state index is -0.145. The number of benzene rings is 1. The molecule has 1 atom stereocenters. The highest BCUT2D eigenvalue weighted by atomic mass is 16.2. The van der Waals surface area contributed by atoms with Gasteiger partial charge in [-0.25, -0.2) is 5.43 Å². The third-order valence-corrected chi connectivity index (χ3v) is 3.90. The van der Waals surface area contributed by atoms with Crippen molar-refractivity contribution in [2.24, 2.45) is 11.0 Å². The van der Waals surface area contributed by atoms with E-state index in [0.29, 0.717) is 11.5 Å². The first-order valence-electron chi connectivity index (χ1n) is 7.16. The minimum Gasteiger partial charge on any atom is -0.360 e. The molecule has 104 valence electrons. The van der Waals surface area contributed by atoms with Crippen molar-refractivity contribution in [1.82, 2.24) is 10.4 Å². The first kappa shape index (κ1) is 12.9. The number of hydrogen-bond donors (Lipinski definition) is 2. The molecule has 1 aromatic carbocycles. The third kappa shape index (κ3) is 2.59. The Morgan fingerprint density at radius 3 is 3.10 bits per heavy atom. The van der Waals surface area contributed by atoms with E-state index in [0.717, 1.165) is 29.5 Å². The summed E-state index contributed by atoms with van der Waals surface area (Å²) in [5, 5.41) is 5.23. The molecule has 0 saturated heterocycles. The van der Waals surface area contributed by atoms with Crippen LogP contribution in [0, 0.1) is 5.92 Å². The van der Waals surface area contributed by atoms with E-state index >= 15 is 0 Å². The van der Waals surface area contributed by atoms with Crippen LogP contribution in [0.5, 0.6) is 0 Å². The molecule has 1 aliphatic carbocycles. The summed E-state index contributed by atoms with van der Waals surface area (Å²) in [7, 11) is 0. The van der Waals surface area contributed by atoms with Crippen LogP contribution < -0.4 is 5.43 Å². The number of hydrazone groups is 1. The van der Waals surface area contributed by atoms with Crippen LogP contribution in [0.25, 0.3) is 10.9 Å². The highest BCUT2D eigenvalue weighted by Crippen LogP contribution is 2.21. The van der Waals surface area contributed by atoms with Crippen molar-refractivity contribution < 1.29 is 4.79 Å². The van der Waals surface area contributed by atoms with Crippen molar-refractivity contribution in [1.29, 1.82) is 0 Å². The lowest BCUT2D eigenvalue weighted by atomic mass is 9.89. The number of para-hydroxylation sites is 1. The van der Waals surface area contributed by atoms with Gasteiger partial charge in [-0.2, -0.15) is 5.10 Å². The Bertz CT molecular complexity index is 657. The molecule has 1 aliphatic rings. The number of carbonyl (C=O) groups excluding carboxylic acids is 1. The van der Waals surface area contributed by atoms with Gasteiger partial charge in [0, 0.05) is 22.8 Å². The Balaban J connectivity index is 1.75. The molecule has 1 saturated carbocycles. The Kier molecular flexibility index (Phi) is 3.54. The number of amides is 1. The minimum absolute atomic E-state index is 0.145. The number of aromatic amines is 1. The fraction of sp³-hybridized carbons (Fsp3) is 0.375. The molecule has 2 aromatic rings. The monoisotopic (exact) mass is 269 g/mol. The van der Waals surface area contributed by atoms with Crippen LogP contribution in [0.2, 0.25) is 0 Å². The summed E-state index contributed by atoms with van der Waals surface area (Å²) in [4.78, 5) is 15.3. The standard InChI is InChI=1S/C16H19N3O/c1-11-5-4-6-12(9-11)18-19-16(20)14-10-17-15-8-3-2-7-13(14)15/h2-3,7-8,10-11,17H,4-6,9H2,1H3,(H,19,20)/b18-12+/t11-/m1/s1. The third-order valence-electron chi connectivity index (χ3n) is 3.90. The zero-order chi connectivity index (χ0) is 13.9. The van der Waals surface area contributed by atoms with Crippen molar-refractivity contribution in [2.75, 3.05) is 0 Å². The number of carbonyl (C=O) groups is 1. The van der Waals surface area contributed by atoms with Gasteiger partial charge in [0.15, 0.2) is 0 Å².